The fourth-order valence-electron chi connectivity index (χ4n) is 4.11. The largest absolute Gasteiger partial charge is 0.357 e. The van der Waals surface area contributed by atoms with Crippen molar-refractivity contribution >= 4 is 35.8 Å². The van der Waals surface area contributed by atoms with Crippen LogP contribution in [0.1, 0.15) is 64.0 Å². The van der Waals surface area contributed by atoms with Crippen molar-refractivity contribution < 1.29 is 4.79 Å². The molecule has 4 N–H and O–H groups in total. The quantitative estimate of drug-likeness (QED) is 0.163. The monoisotopic (exact) mass is 527 g/mol. The number of aliphatic imine (C=N–C) groups is 1. The summed E-state index contributed by atoms with van der Waals surface area (Å²) in [6.07, 6.45) is 6.90. The lowest BCUT2D eigenvalue weighted by Gasteiger charge is -2.33. The molecule has 1 aromatic carbocycles. The van der Waals surface area contributed by atoms with Gasteiger partial charge >= 0.3 is 0 Å². The van der Waals surface area contributed by atoms with Gasteiger partial charge in [0, 0.05) is 37.1 Å². The average molecular weight is 527 g/mol. The topological polar surface area (TPSA) is 77.6 Å². The van der Waals surface area contributed by atoms with Gasteiger partial charge in [0.25, 0.3) is 0 Å². The predicted molar refractivity (Wildman–Crippen MR) is 134 cm³/mol. The highest BCUT2D eigenvalue weighted by atomic mass is 127. The SMILES string of the molecule is CCNC(=NCC1(NC(C)c2ccccc2)CCCC1)NCCNC(=O)C1CC1.I. The normalized spacial score (nSPS) is 18.9. The smallest absolute Gasteiger partial charge is 0.223 e. The summed E-state index contributed by atoms with van der Waals surface area (Å²) in [5, 5.41) is 13.6. The summed E-state index contributed by atoms with van der Waals surface area (Å²) >= 11 is 0. The van der Waals surface area contributed by atoms with E-state index in [-0.39, 0.29) is 41.3 Å². The molecule has 7 heteroatoms. The summed E-state index contributed by atoms with van der Waals surface area (Å²) in [6.45, 7) is 7.21. The number of guanidine groups is 1. The fraction of sp³-hybridized carbons (Fsp3) is 0.652. The van der Waals surface area contributed by atoms with Gasteiger partial charge in [-0.25, -0.2) is 0 Å². The Morgan fingerprint density at radius 3 is 2.40 bits per heavy atom. The molecule has 1 unspecified atom stereocenters. The standard InChI is InChI=1S/C23H37N5O.HI/c1-3-24-22(26-16-15-25-21(29)20-11-12-20)27-17-23(13-7-8-14-23)28-18(2)19-9-5-4-6-10-19;/h4-6,9-10,18,20,28H,3,7-8,11-17H2,1-2H3,(H,25,29)(H2,24,26,27);1H. The third kappa shape index (κ3) is 7.72. The third-order valence-corrected chi connectivity index (χ3v) is 5.93. The van der Waals surface area contributed by atoms with Crippen LogP contribution in [0.15, 0.2) is 35.3 Å². The van der Waals surface area contributed by atoms with Gasteiger partial charge < -0.3 is 21.3 Å². The molecular formula is C23H38IN5O. The Labute approximate surface area is 198 Å². The molecule has 0 aromatic heterocycles. The van der Waals surface area contributed by atoms with Crippen LogP contribution >= 0.6 is 24.0 Å². The van der Waals surface area contributed by atoms with Crippen LogP contribution in [0.5, 0.6) is 0 Å². The zero-order chi connectivity index (χ0) is 20.5. The van der Waals surface area contributed by atoms with Gasteiger partial charge in [0.1, 0.15) is 0 Å². The Morgan fingerprint density at radius 1 is 1.10 bits per heavy atom. The van der Waals surface area contributed by atoms with E-state index in [4.69, 9.17) is 4.99 Å². The minimum Gasteiger partial charge on any atom is -0.357 e. The number of carbonyl (C=O) groups excluding carboxylic acids is 1. The van der Waals surface area contributed by atoms with Crippen molar-refractivity contribution in [1.29, 1.82) is 0 Å². The zero-order valence-electron chi connectivity index (χ0n) is 18.4. The van der Waals surface area contributed by atoms with Crippen molar-refractivity contribution in [3.63, 3.8) is 0 Å². The van der Waals surface area contributed by atoms with Gasteiger partial charge in [-0.05, 0) is 45.1 Å². The van der Waals surface area contributed by atoms with Crippen molar-refractivity contribution in [2.24, 2.45) is 10.9 Å². The number of benzene rings is 1. The molecule has 2 saturated carbocycles. The summed E-state index contributed by atoms with van der Waals surface area (Å²) in [5.41, 5.74) is 1.37. The van der Waals surface area contributed by atoms with E-state index in [9.17, 15) is 4.79 Å². The van der Waals surface area contributed by atoms with Crippen LogP contribution in [-0.4, -0.2) is 43.6 Å². The van der Waals surface area contributed by atoms with Crippen LogP contribution < -0.4 is 21.3 Å². The van der Waals surface area contributed by atoms with E-state index >= 15 is 0 Å². The lowest BCUT2D eigenvalue weighted by molar-refractivity contribution is -0.122. The number of hydrogen-bond donors (Lipinski definition) is 4. The number of halogens is 1. The van der Waals surface area contributed by atoms with E-state index in [2.05, 4.69) is 65.4 Å². The van der Waals surface area contributed by atoms with Crippen molar-refractivity contribution in [2.75, 3.05) is 26.2 Å². The molecule has 0 spiro atoms. The van der Waals surface area contributed by atoms with Crippen LogP contribution in [0.2, 0.25) is 0 Å². The Morgan fingerprint density at radius 2 is 1.77 bits per heavy atom. The maximum atomic E-state index is 11.7. The first-order valence-electron chi connectivity index (χ1n) is 11.2. The number of amides is 1. The molecule has 30 heavy (non-hydrogen) atoms. The molecule has 6 nitrogen and oxygen atoms in total. The molecule has 168 valence electrons. The lowest BCUT2D eigenvalue weighted by Crippen LogP contribution is -2.48. The summed E-state index contributed by atoms with van der Waals surface area (Å²) in [7, 11) is 0. The second-order valence-electron chi connectivity index (χ2n) is 8.45. The molecule has 3 rings (SSSR count). The molecule has 0 saturated heterocycles. The van der Waals surface area contributed by atoms with E-state index in [0.29, 0.717) is 19.1 Å². The van der Waals surface area contributed by atoms with E-state index in [1.807, 2.05) is 0 Å². The molecule has 0 bridgehead atoms. The molecule has 0 aliphatic heterocycles. The van der Waals surface area contributed by atoms with Gasteiger partial charge in [0.05, 0.1) is 6.54 Å². The summed E-state index contributed by atoms with van der Waals surface area (Å²) in [6, 6.07) is 10.9. The maximum Gasteiger partial charge on any atom is 0.223 e. The van der Waals surface area contributed by atoms with Crippen molar-refractivity contribution in [3.05, 3.63) is 35.9 Å². The molecular weight excluding hydrogens is 489 g/mol. The molecule has 2 aliphatic rings. The summed E-state index contributed by atoms with van der Waals surface area (Å²) in [4.78, 5) is 16.6. The van der Waals surface area contributed by atoms with Gasteiger partial charge in [-0.15, -0.1) is 24.0 Å². The van der Waals surface area contributed by atoms with E-state index < -0.39 is 0 Å². The van der Waals surface area contributed by atoms with Crippen molar-refractivity contribution in [3.8, 4) is 0 Å². The minimum absolute atomic E-state index is 0. The molecule has 2 fully saturated rings. The maximum absolute atomic E-state index is 11.7. The lowest BCUT2D eigenvalue weighted by atomic mass is 9.95. The highest BCUT2D eigenvalue weighted by Gasteiger charge is 2.35. The Balaban J connectivity index is 0.00000320. The number of carbonyl (C=O) groups is 1. The number of nitrogens with zero attached hydrogens (tertiary/aromatic N) is 1. The Kier molecular flexibility index (Phi) is 10.4. The molecule has 1 amide bonds. The number of nitrogens with one attached hydrogen (secondary N) is 4. The first-order valence-corrected chi connectivity index (χ1v) is 11.2. The van der Waals surface area contributed by atoms with Gasteiger partial charge in [-0.1, -0.05) is 43.2 Å². The Bertz CT molecular complexity index is 671. The van der Waals surface area contributed by atoms with E-state index in [1.54, 1.807) is 0 Å². The molecule has 0 radical (unpaired) electrons. The summed E-state index contributed by atoms with van der Waals surface area (Å²) in [5.74, 6) is 1.28. The van der Waals surface area contributed by atoms with Crippen LogP contribution in [0.4, 0.5) is 0 Å². The van der Waals surface area contributed by atoms with Gasteiger partial charge in [0.2, 0.25) is 5.91 Å². The third-order valence-electron chi connectivity index (χ3n) is 5.93. The van der Waals surface area contributed by atoms with Gasteiger partial charge in [-0.3, -0.25) is 9.79 Å². The minimum atomic E-state index is 0. The molecule has 0 heterocycles. The number of rotatable bonds is 10. The second kappa shape index (κ2) is 12.5. The highest BCUT2D eigenvalue weighted by Crippen LogP contribution is 2.32. The van der Waals surface area contributed by atoms with E-state index in [0.717, 1.165) is 44.7 Å². The Hall–Kier alpha value is -1.35. The van der Waals surface area contributed by atoms with Crippen molar-refractivity contribution in [2.45, 2.75) is 64.0 Å². The second-order valence-corrected chi connectivity index (χ2v) is 8.45. The van der Waals surface area contributed by atoms with Gasteiger partial charge in [0.15, 0.2) is 5.96 Å². The average Bonchev–Trinajstić information content (AvgIpc) is 3.50. The zero-order valence-corrected chi connectivity index (χ0v) is 20.7. The first kappa shape index (κ1) is 24.9. The van der Waals surface area contributed by atoms with E-state index in [1.165, 1.54) is 18.4 Å². The van der Waals surface area contributed by atoms with Gasteiger partial charge in [-0.2, -0.15) is 0 Å². The van der Waals surface area contributed by atoms with Crippen LogP contribution in [-0.2, 0) is 4.79 Å². The molecule has 2 aliphatic carbocycles. The summed E-state index contributed by atoms with van der Waals surface area (Å²) < 4.78 is 0. The van der Waals surface area contributed by atoms with Crippen LogP contribution in [0.3, 0.4) is 0 Å². The molecule has 1 aromatic rings. The first-order chi connectivity index (χ1) is 14.1. The number of hydrogen-bond acceptors (Lipinski definition) is 3. The fourth-order valence-corrected chi connectivity index (χ4v) is 4.11. The van der Waals surface area contributed by atoms with Crippen LogP contribution in [0.25, 0.3) is 0 Å². The van der Waals surface area contributed by atoms with Crippen molar-refractivity contribution in [1.82, 2.24) is 21.3 Å². The molecule has 1 atom stereocenters. The van der Waals surface area contributed by atoms with Crippen LogP contribution in [0, 0.1) is 5.92 Å². The predicted octanol–water partition coefficient (Wildman–Crippen LogP) is 3.35. The highest BCUT2D eigenvalue weighted by molar-refractivity contribution is 14.0.